The number of H-pyrrole nitrogens is 1. The van der Waals surface area contributed by atoms with Crippen LogP contribution >= 0.6 is 11.6 Å². The Labute approximate surface area is 135 Å². The summed E-state index contributed by atoms with van der Waals surface area (Å²) in [5.74, 6) is 1.03. The van der Waals surface area contributed by atoms with Gasteiger partial charge in [0.2, 0.25) is 0 Å². The number of hydrogen-bond acceptors (Lipinski definition) is 2. The Hall–Kier alpha value is -2.00. The fourth-order valence-corrected chi connectivity index (χ4v) is 3.08. The number of aromatic amines is 1. The van der Waals surface area contributed by atoms with Crippen LogP contribution in [0.15, 0.2) is 42.2 Å². The standard InChI is InChI=1S/C18H18ClNO2/c1-22-15-6-7-17-13(10-15)11-18(20-17)16(8-9-21)12-2-4-14(19)5-3-12/h2-6,9,11,16,20H,7-8,10H2,1H3. The number of carbonyl (C=O) groups excluding carboxylic acids is 1. The second-order valence-electron chi connectivity index (χ2n) is 5.49. The SMILES string of the molecule is COC1=CCc2[nH]c(C(CC=O)c3ccc(Cl)cc3)cc2C1. The number of allylic oxidation sites excluding steroid dienone is 2. The number of nitrogens with one attached hydrogen (secondary N) is 1. The number of carbonyl (C=O) groups is 1. The third-order valence-corrected chi connectivity index (χ3v) is 4.40. The summed E-state index contributed by atoms with van der Waals surface area (Å²) in [6, 6.07) is 9.85. The molecular weight excluding hydrogens is 298 g/mol. The maximum absolute atomic E-state index is 11.1. The molecule has 22 heavy (non-hydrogen) atoms. The van der Waals surface area contributed by atoms with Crippen LogP contribution in [0.4, 0.5) is 0 Å². The number of methoxy groups -OCH3 is 1. The Bertz CT molecular complexity index is 700. The molecule has 114 valence electrons. The van der Waals surface area contributed by atoms with E-state index in [1.807, 2.05) is 24.3 Å². The first-order valence-electron chi connectivity index (χ1n) is 7.34. The summed E-state index contributed by atoms with van der Waals surface area (Å²) in [5, 5.41) is 0.702. The molecule has 0 saturated heterocycles. The number of fused-ring (bicyclic) bond motifs is 1. The van der Waals surface area contributed by atoms with Crippen LogP contribution in [0.1, 0.15) is 34.9 Å². The van der Waals surface area contributed by atoms with Gasteiger partial charge in [0.25, 0.3) is 0 Å². The van der Waals surface area contributed by atoms with Gasteiger partial charge >= 0.3 is 0 Å². The van der Waals surface area contributed by atoms with Crippen LogP contribution in [-0.2, 0) is 22.4 Å². The highest BCUT2D eigenvalue weighted by Crippen LogP contribution is 2.31. The van der Waals surface area contributed by atoms with E-state index >= 15 is 0 Å². The van der Waals surface area contributed by atoms with E-state index in [9.17, 15) is 4.79 Å². The summed E-state index contributed by atoms with van der Waals surface area (Å²) in [6.45, 7) is 0. The van der Waals surface area contributed by atoms with Crippen molar-refractivity contribution < 1.29 is 9.53 Å². The lowest BCUT2D eigenvalue weighted by molar-refractivity contribution is -0.108. The largest absolute Gasteiger partial charge is 0.501 e. The zero-order valence-electron chi connectivity index (χ0n) is 12.4. The Morgan fingerprint density at radius 2 is 2.14 bits per heavy atom. The van der Waals surface area contributed by atoms with Crippen molar-refractivity contribution in [2.45, 2.75) is 25.2 Å². The molecule has 0 aliphatic heterocycles. The van der Waals surface area contributed by atoms with Crippen molar-refractivity contribution in [2.24, 2.45) is 0 Å². The van der Waals surface area contributed by atoms with Gasteiger partial charge in [-0.1, -0.05) is 23.7 Å². The number of aldehydes is 1. The lowest BCUT2D eigenvalue weighted by atomic mass is 9.92. The van der Waals surface area contributed by atoms with Crippen LogP contribution in [-0.4, -0.2) is 18.4 Å². The molecule has 1 N–H and O–H groups in total. The Morgan fingerprint density at radius 1 is 1.36 bits per heavy atom. The summed E-state index contributed by atoms with van der Waals surface area (Å²) in [5.41, 5.74) is 4.63. The van der Waals surface area contributed by atoms with Gasteiger partial charge < -0.3 is 14.5 Å². The van der Waals surface area contributed by atoms with Crippen LogP contribution in [0.3, 0.4) is 0 Å². The van der Waals surface area contributed by atoms with Gasteiger partial charge in [-0.25, -0.2) is 0 Å². The number of halogens is 1. The molecule has 3 nitrogen and oxygen atoms in total. The number of rotatable bonds is 5. The molecule has 1 aliphatic carbocycles. The summed E-state index contributed by atoms with van der Waals surface area (Å²) in [6.07, 6.45) is 5.16. The van der Waals surface area contributed by atoms with Gasteiger partial charge in [-0.2, -0.15) is 0 Å². The van der Waals surface area contributed by atoms with Crippen LogP contribution in [0.2, 0.25) is 5.02 Å². The van der Waals surface area contributed by atoms with E-state index in [1.165, 1.54) is 11.3 Å². The summed E-state index contributed by atoms with van der Waals surface area (Å²) in [7, 11) is 1.70. The molecule has 1 atom stereocenters. The summed E-state index contributed by atoms with van der Waals surface area (Å²) < 4.78 is 5.34. The first-order valence-corrected chi connectivity index (χ1v) is 7.72. The molecule has 1 aromatic carbocycles. The van der Waals surface area contributed by atoms with Crippen molar-refractivity contribution in [3.05, 3.63) is 69.7 Å². The molecule has 0 amide bonds. The molecule has 4 heteroatoms. The van der Waals surface area contributed by atoms with Gasteiger partial charge in [0.1, 0.15) is 6.29 Å². The van der Waals surface area contributed by atoms with Gasteiger partial charge in [-0.15, -0.1) is 0 Å². The highest BCUT2D eigenvalue weighted by molar-refractivity contribution is 6.30. The van der Waals surface area contributed by atoms with E-state index in [0.29, 0.717) is 11.4 Å². The van der Waals surface area contributed by atoms with Gasteiger partial charge in [0.05, 0.1) is 12.9 Å². The van der Waals surface area contributed by atoms with Crippen molar-refractivity contribution in [1.82, 2.24) is 4.98 Å². The first-order chi connectivity index (χ1) is 10.7. The van der Waals surface area contributed by atoms with Gasteiger partial charge in [0, 0.05) is 41.6 Å². The van der Waals surface area contributed by atoms with Crippen LogP contribution in [0.5, 0.6) is 0 Å². The third-order valence-electron chi connectivity index (χ3n) is 4.15. The van der Waals surface area contributed by atoms with E-state index in [4.69, 9.17) is 16.3 Å². The fourth-order valence-electron chi connectivity index (χ4n) is 2.96. The van der Waals surface area contributed by atoms with Crippen molar-refractivity contribution >= 4 is 17.9 Å². The molecule has 2 aromatic rings. The normalized spacial score (nSPS) is 14.9. The maximum atomic E-state index is 11.1. The van der Waals surface area contributed by atoms with Crippen molar-refractivity contribution in [3.63, 3.8) is 0 Å². The van der Waals surface area contributed by atoms with Crippen molar-refractivity contribution in [1.29, 1.82) is 0 Å². The number of benzene rings is 1. The Morgan fingerprint density at radius 3 is 2.82 bits per heavy atom. The highest BCUT2D eigenvalue weighted by atomic mass is 35.5. The molecule has 1 unspecified atom stereocenters. The lowest BCUT2D eigenvalue weighted by Crippen LogP contribution is -2.03. The smallest absolute Gasteiger partial charge is 0.120 e. The Kier molecular flexibility index (Phi) is 4.34. The second-order valence-corrected chi connectivity index (χ2v) is 5.93. The monoisotopic (exact) mass is 315 g/mol. The van der Waals surface area contributed by atoms with E-state index < -0.39 is 0 Å². The predicted molar refractivity (Wildman–Crippen MR) is 87.3 cm³/mol. The molecule has 0 spiro atoms. The average molecular weight is 316 g/mol. The molecule has 1 aliphatic rings. The van der Waals surface area contributed by atoms with Gasteiger partial charge in [0.15, 0.2) is 0 Å². The quantitative estimate of drug-likeness (QED) is 0.847. The van der Waals surface area contributed by atoms with Gasteiger partial charge in [-0.05, 0) is 35.4 Å². The minimum atomic E-state index is 0.0337. The Balaban J connectivity index is 1.92. The summed E-state index contributed by atoms with van der Waals surface area (Å²) in [4.78, 5) is 14.6. The van der Waals surface area contributed by atoms with Crippen LogP contribution in [0, 0.1) is 0 Å². The predicted octanol–water partition coefficient (Wildman–Crippen LogP) is 4.02. The molecular formula is C18H18ClNO2. The van der Waals surface area contributed by atoms with Crippen molar-refractivity contribution in [3.8, 4) is 0 Å². The minimum absolute atomic E-state index is 0.0337. The molecule has 1 heterocycles. The molecule has 0 fully saturated rings. The molecule has 3 rings (SSSR count). The van der Waals surface area contributed by atoms with E-state index in [2.05, 4.69) is 17.1 Å². The molecule has 0 saturated carbocycles. The van der Waals surface area contributed by atoms with Gasteiger partial charge in [-0.3, -0.25) is 0 Å². The topological polar surface area (TPSA) is 42.1 Å². The molecule has 0 bridgehead atoms. The van der Waals surface area contributed by atoms with Crippen LogP contribution in [0.25, 0.3) is 0 Å². The molecule has 1 aromatic heterocycles. The first kappa shape index (κ1) is 14.9. The number of ether oxygens (including phenoxy) is 1. The maximum Gasteiger partial charge on any atom is 0.120 e. The van der Waals surface area contributed by atoms with E-state index in [-0.39, 0.29) is 5.92 Å². The number of aromatic nitrogens is 1. The number of hydrogen-bond donors (Lipinski definition) is 1. The average Bonchev–Trinajstić information content (AvgIpc) is 2.96. The highest BCUT2D eigenvalue weighted by Gasteiger charge is 2.20. The van der Waals surface area contributed by atoms with Crippen LogP contribution < -0.4 is 0 Å². The zero-order chi connectivity index (χ0) is 15.5. The minimum Gasteiger partial charge on any atom is -0.501 e. The summed E-state index contributed by atoms with van der Waals surface area (Å²) >= 11 is 5.96. The second kappa shape index (κ2) is 6.41. The molecule has 0 radical (unpaired) electrons. The van der Waals surface area contributed by atoms with E-state index in [1.54, 1.807) is 7.11 Å². The van der Waals surface area contributed by atoms with E-state index in [0.717, 1.165) is 36.1 Å². The third kappa shape index (κ3) is 2.95. The van der Waals surface area contributed by atoms with Crippen molar-refractivity contribution in [2.75, 3.05) is 7.11 Å². The fraction of sp³-hybridized carbons (Fsp3) is 0.278. The zero-order valence-corrected chi connectivity index (χ0v) is 13.2. The lowest BCUT2D eigenvalue weighted by Gasteiger charge is -2.13.